The number of rotatable bonds is 7. The molecule has 0 aliphatic rings. The minimum Gasteiger partial charge on any atom is -0.493 e. The van der Waals surface area contributed by atoms with Crippen molar-refractivity contribution in [2.24, 2.45) is 0 Å². The van der Waals surface area contributed by atoms with E-state index in [-0.39, 0.29) is 0 Å². The minimum atomic E-state index is -0.742. The van der Waals surface area contributed by atoms with Gasteiger partial charge in [0.25, 0.3) is 0 Å². The second-order valence-electron chi connectivity index (χ2n) is 4.40. The summed E-state index contributed by atoms with van der Waals surface area (Å²) in [5.41, 5.74) is 0.824. The molecule has 0 heterocycles. The van der Waals surface area contributed by atoms with Crippen molar-refractivity contribution in [1.82, 2.24) is 0 Å². The Morgan fingerprint density at radius 3 is 2.05 bits per heavy atom. The van der Waals surface area contributed by atoms with E-state index in [1.54, 1.807) is 28.4 Å². The largest absolute Gasteiger partial charge is 0.493 e. The first kappa shape index (κ1) is 15.8. The fourth-order valence-electron chi connectivity index (χ4n) is 1.56. The molecule has 0 aromatic heterocycles. The van der Waals surface area contributed by atoms with Gasteiger partial charge in [0.1, 0.15) is 0 Å². The zero-order valence-corrected chi connectivity index (χ0v) is 12.4. The van der Waals surface area contributed by atoms with Crippen LogP contribution in [0.3, 0.4) is 0 Å². The van der Waals surface area contributed by atoms with Crippen LogP contribution in [0.2, 0.25) is 0 Å². The third-order valence-corrected chi connectivity index (χ3v) is 2.78. The Bertz CT molecular complexity index is 403. The molecule has 19 heavy (non-hydrogen) atoms. The summed E-state index contributed by atoms with van der Waals surface area (Å²) in [6, 6.07) is 5.49. The quantitative estimate of drug-likeness (QED) is 0.713. The Morgan fingerprint density at radius 2 is 1.58 bits per heavy atom. The number of methoxy groups -OCH3 is 4. The molecule has 0 radical (unpaired) electrons. The summed E-state index contributed by atoms with van der Waals surface area (Å²) in [5.74, 6) is 0.543. The van der Waals surface area contributed by atoms with Crippen LogP contribution >= 0.6 is 0 Å². The molecule has 1 rings (SSSR count). The van der Waals surface area contributed by atoms with Gasteiger partial charge in [0, 0.05) is 19.8 Å². The van der Waals surface area contributed by atoms with Gasteiger partial charge >= 0.3 is 0 Å². The summed E-state index contributed by atoms with van der Waals surface area (Å²) in [6.45, 7) is 3.64. The van der Waals surface area contributed by atoms with Crippen LogP contribution in [0.5, 0.6) is 11.5 Å². The molecule has 1 aromatic rings. The molecule has 1 unspecified atom stereocenters. The number of hydrogen-bond acceptors (Lipinski definition) is 5. The van der Waals surface area contributed by atoms with Crippen LogP contribution in [0, 0.1) is 0 Å². The van der Waals surface area contributed by atoms with E-state index >= 15 is 0 Å². The lowest BCUT2D eigenvalue weighted by Crippen LogP contribution is -2.29. The molecule has 0 saturated heterocycles. The zero-order chi connectivity index (χ0) is 14.5. The van der Waals surface area contributed by atoms with Crippen molar-refractivity contribution >= 4 is 0 Å². The standard InChI is InChI=1S/C14H22O5/c1-14(2,18-6)19-13(17-5)10-7-8-11(15-3)12(9-10)16-4/h7-9,13H,1-6H3. The molecule has 0 spiro atoms. The van der Waals surface area contributed by atoms with E-state index in [1.165, 1.54) is 0 Å². The molecule has 0 aliphatic heterocycles. The van der Waals surface area contributed by atoms with Crippen molar-refractivity contribution in [3.05, 3.63) is 23.8 Å². The molecule has 5 nitrogen and oxygen atoms in total. The summed E-state index contributed by atoms with van der Waals surface area (Å²) < 4.78 is 26.8. The molecule has 0 saturated carbocycles. The van der Waals surface area contributed by atoms with Crippen LogP contribution in [0.15, 0.2) is 18.2 Å². The van der Waals surface area contributed by atoms with E-state index in [4.69, 9.17) is 23.7 Å². The SMILES string of the molecule is COc1ccc(C(OC)OC(C)(C)OC)cc1OC. The summed E-state index contributed by atoms with van der Waals surface area (Å²) >= 11 is 0. The maximum atomic E-state index is 5.75. The fourth-order valence-corrected chi connectivity index (χ4v) is 1.56. The Hall–Kier alpha value is -1.30. The second-order valence-corrected chi connectivity index (χ2v) is 4.40. The Balaban J connectivity index is 2.99. The summed E-state index contributed by atoms with van der Waals surface area (Å²) in [5, 5.41) is 0. The van der Waals surface area contributed by atoms with Gasteiger partial charge in [-0.05, 0) is 26.0 Å². The molecule has 0 amide bonds. The molecule has 1 aromatic carbocycles. The van der Waals surface area contributed by atoms with Crippen LogP contribution < -0.4 is 9.47 Å². The van der Waals surface area contributed by atoms with Crippen LogP contribution in [0.25, 0.3) is 0 Å². The highest BCUT2D eigenvalue weighted by atomic mass is 16.8. The molecular weight excluding hydrogens is 248 g/mol. The molecular formula is C14H22O5. The highest BCUT2D eigenvalue weighted by Gasteiger charge is 2.25. The molecule has 1 atom stereocenters. The van der Waals surface area contributed by atoms with Gasteiger partial charge in [0.15, 0.2) is 23.6 Å². The summed E-state index contributed by atoms with van der Waals surface area (Å²) in [4.78, 5) is 0. The van der Waals surface area contributed by atoms with E-state index in [1.807, 2.05) is 32.0 Å². The van der Waals surface area contributed by atoms with Crippen molar-refractivity contribution in [2.75, 3.05) is 28.4 Å². The number of ether oxygens (including phenoxy) is 5. The van der Waals surface area contributed by atoms with Gasteiger partial charge < -0.3 is 23.7 Å². The van der Waals surface area contributed by atoms with Gasteiger partial charge in [0.05, 0.1) is 14.2 Å². The van der Waals surface area contributed by atoms with Crippen molar-refractivity contribution in [2.45, 2.75) is 25.9 Å². The van der Waals surface area contributed by atoms with Gasteiger partial charge in [-0.1, -0.05) is 6.07 Å². The average molecular weight is 270 g/mol. The predicted molar refractivity (Wildman–Crippen MR) is 71.5 cm³/mol. The summed E-state index contributed by atoms with van der Waals surface area (Å²) in [7, 11) is 6.34. The Morgan fingerprint density at radius 1 is 0.947 bits per heavy atom. The minimum absolute atomic E-state index is 0.547. The van der Waals surface area contributed by atoms with Crippen LogP contribution in [0.1, 0.15) is 25.7 Å². The maximum Gasteiger partial charge on any atom is 0.186 e. The first-order valence-corrected chi connectivity index (χ1v) is 5.95. The van der Waals surface area contributed by atoms with Gasteiger partial charge in [-0.25, -0.2) is 0 Å². The first-order chi connectivity index (χ1) is 8.97. The van der Waals surface area contributed by atoms with E-state index < -0.39 is 12.1 Å². The maximum absolute atomic E-state index is 5.75. The highest BCUT2D eigenvalue weighted by Crippen LogP contribution is 2.33. The highest BCUT2D eigenvalue weighted by molar-refractivity contribution is 5.43. The topological polar surface area (TPSA) is 46.2 Å². The fraction of sp³-hybridized carbons (Fsp3) is 0.571. The number of hydrogen-bond donors (Lipinski definition) is 0. The van der Waals surface area contributed by atoms with E-state index in [0.29, 0.717) is 11.5 Å². The van der Waals surface area contributed by atoms with Crippen LogP contribution in [0.4, 0.5) is 0 Å². The van der Waals surface area contributed by atoms with Crippen molar-refractivity contribution in [1.29, 1.82) is 0 Å². The molecule has 108 valence electrons. The lowest BCUT2D eigenvalue weighted by Gasteiger charge is -2.29. The van der Waals surface area contributed by atoms with E-state index in [0.717, 1.165) is 5.56 Å². The third kappa shape index (κ3) is 4.09. The molecule has 0 fully saturated rings. The normalized spacial score (nSPS) is 13.2. The van der Waals surface area contributed by atoms with Crippen molar-refractivity contribution < 1.29 is 23.7 Å². The molecule has 5 heteroatoms. The first-order valence-electron chi connectivity index (χ1n) is 5.95. The summed E-state index contributed by atoms with van der Waals surface area (Å²) in [6.07, 6.45) is -0.547. The lowest BCUT2D eigenvalue weighted by molar-refractivity contribution is -0.283. The molecule has 0 aliphatic carbocycles. The van der Waals surface area contributed by atoms with Gasteiger partial charge in [-0.2, -0.15) is 0 Å². The second kappa shape index (κ2) is 6.75. The lowest BCUT2D eigenvalue weighted by atomic mass is 10.2. The van der Waals surface area contributed by atoms with Gasteiger partial charge in [-0.3, -0.25) is 0 Å². The predicted octanol–water partition coefficient (Wildman–Crippen LogP) is 2.75. The van der Waals surface area contributed by atoms with Crippen LogP contribution in [-0.2, 0) is 14.2 Å². The van der Waals surface area contributed by atoms with Gasteiger partial charge in [0.2, 0.25) is 0 Å². The van der Waals surface area contributed by atoms with Crippen LogP contribution in [-0.4, -0.2) is 34.2 Å². The van der Waals surface area contributed by atoms with E-state index in [9.17, 15) is 0 Å². The Kier molecular flexibility index (Phi) is 5.60. The smallest absolute Gasteiger partial charge is 0.186 e. The average Bonchev–Trinajstić information content (AvgIpc) is 2.44. The molecule has 0 bridgehead atoms. The van der Waals surface area contributed by atoms with Crippen molar-refractivity contribution in [3.63, 3.8) is 0 Å². The zero-order valence-electron chi connectivity index (χ0n) is 12.4. The van der Waals surface area contributed by atoms with Crippen molar-refractivity contribution in [3.8, 4) is 11.5 Å². The van der Waals surface area contributed by atoms with E-state index in [2.05, 4.69) is 0 Å². The third-order valence-electron chi connectivity index (χ3n) is 2.78. The van der Waals surface area contributed by atoms with Gasteiger partial charge in [-0.15, -0.1) is 0 Å². The monoisotopic (exact) mass is 270 g/mol. The Labute approximate surface area is 114 Å². The number of benzene rings is 1. The molecule has 0 N–H and O–H groups in total.